The lowest BCUT2D eigenvalue weighted by molar-refractivity contribution is 0.0898. The van der Waals surface area contributed by atoms with Crippen molar-refractivity contribution >= 4 is 11.6 Å². The van der Waals surface area contributed by atoms with E-state index < -0.39 is 0 Å². The molecule has 1 aliphatic carbocycles. The van der Waals surface area contributed by atoms with E-state index in [1.807, 2.05) is 0 Å². The maximum atomic E-state index is 5.75. The fourth-order valence-corrected chi connectivity index (χ4v) is 2.30. The molecule has 5 nitrogen and oxygen atoms in total. The van der Waals surface area contributed by atoms with Crippen LogP contribution >= 0.6 is 0 Å². The van der Waals surface area contributed by atoms with Crippen molar-refractivity contribution in [3.05, 3.63) is 12.4 Å². The molecule has 0 radical (unpaired) electrons. The topological polar surface area (TPSA) is 73.1 Å². The number of anilines is 2. The molecule has 5 heteroatoms. The van der Waals surface area contributed by atoms with Crippen molar-refractivity contribution in [3.63, 3.8) is 0 Å². The zero-order valence-corrected chi connectivity index (χ0v) is 9.10. The Hall–Kier alpha value is -1.36. The summed E-state index contributed by atoms with van der Waals surface area (Å²) < 4.78 is 5.75. The summed E-state index contributed by atoms with van der Waals surface area (Å²) in [5, 5.41) is 3.40. The number of nitrogens with zero attached hydrogens (tertiary/aromatic N) is 2. The second-order valence-electron chi connectivity index (χ2n) is 4.54. The minimum absolute atomic E-state index is 0.358. The van der Waals surface area contributed by atoms with Gasteiger partial charge in [-0.1, -0.05) is 0 Å². The van der Waals surface area contributed by atoms with Crippen LogP contribution in [-0.4, -0.2) is 28.7 Å². The van der Waals surface area contributed by atoms with Gasteiger partial charge in [0.05, 0.1) is 12.1 Å². The van der Waals surface area contributed by atoms with Crippen molar-refractivity contribution in [3.8, 4) is 0 Å². The molecule has 3 N–H and O–H groups in total. The fraction of sp³-hybridized carbons (Fsp3) is 0.636. The third-order valence-electron chi connectivity index (χ3n) is 3.24. The first-order valence-corrected chi connectivity index (χ1v) is 5.78. The number of nitrogens with two attached hydrogens (primary N) is 1. The summed E-state index contributed by atoms with van der Waals surface area (Å²) in [6, 6.07) is 2.14. The van der Waals surface area contributed by atoms with Gasteiger partial charge < -0.3 is 15.8 Å². The minimum Gasteiger partial charge on any atom is -0.384 e. The number of hydrogen-bond donors (Lipinski definition) is 2. The van der Waals surface area contributed by atoms with Crippen molar-refractivity contribution < 1.29 is 4.74 Å². The Labute approximate surface area is 94.4 Å². The lowest BCUT2D eigenvalue weighted by Crippen LogP contribution is -2.31. The molecular weight excluding hydrogens is 204 g/mol. The summed E-state index contributed by atoms with van der Waals surface area (Å²) in [6.45, 7) is 0.847. The van der Waals surface area contributed by atoms with Gasteiger partial charge in [0.25, 0.3) is 0 Å². The van der Waals surface area contributed by atoms with Gasteiger partial charge in [-0.15, -0.1) is 0 Å². The summed E-state index contributed by atoms with van der Waals surface area (Å²) >= 11 is 0. The number of ether oxygens (including phenoxy) is 1. The van der Waals surface area contributed by atoms with E-state index in [2.05, 4.69) is 15.3 Å². The Morgan fingerprint density at radius 1 is 1.31 bits per heavy atom. The summed E-state index contributed by atoms with van der Waals surface area (Å²) in [4.78, 5) is 8.04. The Kier molecular flexibility index (Phi) is 2.40. The average molecular weight is 220 g/mol. The largest absolute Gasteiger partial charge is 0.384 e. The Morgan fingerprint density at radius 2 is 2.19 bits per heavy atom. The normalized spacial score (nSPS) is 29.2. The summed E-state index contributed by atoms with van der Waals surface area (Å²) in [5.74, 6) is 2.05. The molecule has 16 heavy (non-hydrogen) atoms. The zero-order valence-electron chi connectivity index (χ0n) is 9.10. The lowest BCUT2D eigenvalue weighted by Gasteiger charge is -2.19. The average Bonchev–Trinajstić information content (AvgIpc) is 3.00. The van der Waals surface area contributed by atoms with Crippen LogP contribution in [0.2, 0.25) is 0 Å². The molecule has 1 saturated carbocycles. The van der Waals surface area contributed by atoms with E-state index in [4.69, 9.17) is 10.5 Å². The molecule has 0 aromatic carbocycles. The molecule has 0 bridgehead atoms. The molecule has 0 spiro atoms. The van der Waals surface area contributed by atoms with E-state index in [-0.39, 0.29) is 0 Å². The molecule has 1 aromatic heterocycles. The van der Waals surface area contributed by atoms with Crippen LogP contribution in [0.5, 0.6) is 0 Å². The number of aromatic nitrogens is 2. The molecule has 0 amide bonds. The van der Waals surface area contributed by atoms with E-state index >= 15 is 0 Å². The van der Waals surface area contributed by atoms with Crippen LogP contribution in [0, 0.1) is 5.92 Å². The maximum absolute atomic E-state index is 5.75. The minimum atomic E-state index is 0.358. The van der Waals surface area contributed by atoms with Gasteiger partial charge in [-0.25, -0.2) is 9.97 Å². The molecule has 86 valence electrons. The summed E-state index contributed by atoms with van der Waals surface area (Å²) in [7, 11) is 0. The van der Waals surface area contributed by atoms with Crippen LogP contribution < -0.4 is 11.1 Å². The van der Waals surface area contributed by atoms with Gasteiger partial charge in [0.2, 0.25) is 0 Å². The number of rotatable bonds is 3. The quantitative estimate of drug-likeness (QED) is 0.796. The maximum Gasteiger partial charge on any atom is 0.131 e. The van der Waals surface area contributed by atoms with Crippen molar-refractivity contribution in [1.82, 2.24) is 9.97 Å². The van der Waals surface area contributed by atoms with E-state index in [0.29, 0.717) is 18.0 Å². The smallest absolute Gasteiger partial charge is 0.131 e. The van der Waals surface area contributed by atoms with E-state index in [1.54, 1.807) is 6.07 Å². The standard InChI is InChI=1S/C11H16N4O/c12-9-5-10(14-6-13-9)15-8-3-4-16-11(8)7-1-2-7/h5-8,11H,1-4H2,(H3,12,13,14,15). The highest BCUT2D eigenvalue weighted by Crippen LogP contribution is 2.39. The molecule has 1 saturated heterocycles. The Balaban J connectivity index is 1.69. The van der Waals surface area contributed by atoms with Gasteiger partial charge in [0.1, 0.15) is 18.0 Å². The predicted octanol–water partition coefficient (Wildman–Crippen LogP) is 1.04. The van der Waals surface area contributed by atoms with E-state index in [0.717, 1.165) is 24.8 Å². The van der Waals surface area contributed by atoms with Crippen LogP contribution in [0.15, 0.2) is 12.4 Å². The van der Waals surface area contributed by atoms with Crippen molar-refractivity contribution in [1.29, 1.82) is 0 Å². The Bertz CT molecular complexity index is 380. The van der Waals surface area contributed by atoms with Crippen molar-refractivity contribution in [2.24, 2.45) is 5.92 Å². The SMILES string of the molecule is Nc1cc(NC2CCOC2C2CC2)ncn1. The second kappa shape index (κ2) is 3.90. The number of nitrogens with one attached hydrogen (secondary N) is 1. The van der Waals surface area contributed by atoms with E-state index in [1.165, 1.54) is 19.2 Å². The third kappa shape index (κ3) is 1.95. The molecule has 2 aliphatic rings. The second-order valence-corrected chi connectivity index (χ2v) is 4.54. The highest BCUT2D eigenvalue weighted by Gasteiger charge is 2.40. The Morgan fingerprint density at radius 3 is 2.94 bits per heavy atom. The predicted molar refractivity (Wildman–Crippen MR) is 60.9 cm³/mol. The lowest BCUT2D eigenvalue weighted by atomic mass is 10.1. The van der Waals surface area contributed by atoms with Gasteiger partial charge >= 0.3 is 0 Å². The highest BCUT2D eigenvalue weighted by atomic mass is 16.5. The van der Waals surface area contributed by atoms with Crippen molar-refractivity contribution in [2.45, 2.75) is 31.4 Å². The molecule has 1 aromatic rings. The first-order chi connectivity index (χ1) is 7.83. The van der Waals surface area contributed by atoms with Gasteiger partial charge in [0, 0.05) is 12.7 Å². The molecule has 2 fully saturated rings. The first kappa shape index (κ1) is 9.84. The van der Waals surface area contributed by atoms with Crippen LogP contribution in [0.25, 0.3) is 0 Å². The zero-order chi connectivity index (χ0) is 11.0. The van der Waals surface area contributed by atoms with Gasteiger partial charge in [0.15, 0.2) is 0 Å². The van der Waals surface area contributed by atoms with Crippen LogP contribution in [0.4, 0.5) is 11.6 Å². The molecule has 2 unspecified atom stereocenters. The summed E-state index contributed by atoms with van der Waals surface area (Å²) in [6.07, 6.45) is 5.49. The first-order valence-electron chi connectivity index (χ1n) is 5.78. The summed E-state index contributed by atoms with van der Waals surface area (Å²) in [5.41, 5.74) is 5.62. The van der Waals surface area contributed by atoms with Crippen LogP contribution in [-0.2, 0) is 4.74 Å². The third-order valence-corrected chi connectivity index (χ3v) is 3.24. The molecule has 2 atom stereocenters. The molecule has 3 rings (SSSR count). The monoisotopic (exact) mass is 220 g/mol. The van der Waals surface area contributed by atoms with Crippen LogP contribution in [0.3, 0.4) is 0 Å². The molecule has 1 aliphatic heterocycles. The fourth-order valence-electron chi connectivity index (χ4n) is 2.30. The highest BCUT2D eigenvalue weighted by molar-refractivity contribution is 5.44. The van der Waals surface area contributed by atoms with Crippen molar-refractivity contribution in [2.75, 3.05) is 17.7 Å². The van der Waals surface area contributed by atoms with E-state index in [9.17, 15) is 0 Å². The van der Waals surface area contributed by atoms with Gasteiger partial charge in [-0.05, 0) is 25.2 Å². The van der Waals surface area contributed by atoms with Gasteiger partial charge in [-0.3, -0.25) is 0 Å². The van der Waals surface area contributed by atoms with Crippen LogP contribution in [0.1, 0.15) is 19.3 Å². The molecule has 2 heterocycles. The number of hydrogen-bond acceptors (Lipinski definition) is 5. The molecular formula is C11H16N4O. The van der Waals surface area contributed by atoms with Gasteiger partial charge in [-0.2, -0.15) is 0 Å². The number of nitrogen functional groups attached to an aromatic ring is 1.